The van der Waals surface area contributed by atoms with E-state index >= 15 is 0 Å². The molecule has 0 aromatic carbocycles. The zero-order valence-corrected chi connectivity index (χ0v) is 9.18. The van der Waals surface area contributed by atoms with Crippen LogP contribution in [0.1, 0.15) is 25.1 Å². The molecule has 0 aliphatic carbocycles. The number of anilines is 1. The zero-order chi connectivity index (χ0) is 11.9. The van der Waals surface area contributed by atoms with Crippen LogP contribution in [0.4, 0.5) is 10.2 Å². The first-order chi connectivity index (χ1) is 7.49. The van der Waals surface area contributed by atoms with Gasteiger partial charge in [0, 0.05) is 18.2 Å². The van der Waals surface area contributed by atoms with Gasteiger partial charge in [0.15, 0.2) is 0 Å². The van der Waals surface area contributed by atoms with Crippen LogP contribution in [0.5, 0.6) is 0 Å². The van der Waals surface area contributed by atoms with Crippen molar-refractivity contribution in [3.8, 4) is 0 Å². The first-order valence-corrected chi connectivity index (χ1v) is 5.14. The molecule has 1 aromatic rings. The SMILES string of the molecule is Cc1cn([C@H]2C[C@H](F)[C@@H](C)O2)c(=O)nc1N. The quantitative estimate of drug-likeness (QED) is 0.769. The van der Waals surface area contributed by atoms with E-state index in [0.717, 1.165) is 0 Å². The van der Waals surface area contributed by atoms with E-state index in [1.165, 1.54) is 4.57 Å². The summed E-state index contributed by atoms with van der Waals surface area (Å²) in [5.74, 6) is 0.198. The second kappa shape index (κ2) is 3.86. The Kier molecular flexibility index (Phi) is 2.67. The molecule has 1 aliphatic rings. The normalized spacial score (nSPS) is 29.6. The van der Waals surface area contributed by atoms with Gasteiger partial charge in [0.2, 0.25) is 0 Å². The molecule has 3 atom stereocenters. The molecule has 1 aliphatic heterocycles. The lowest BCUT2D eigenvalue weighted by atomic mass is 10.2. The van der Waals surface area contributed by atoms with Gasteiger partial charge >= 0.3 is 5.69 Å². The molecule has 1 fully saturated rings. The molecule has 1 saturated heterocycles. The Bertz CT molecular complexity index is 450. The number of halogens is 1. The second-order valence-corrected chi connectivity index (χ2v) is 4.05. The van der Waals surface area contributed by atoms with E-state index in [2.05, 4.69) is 4.98 Å². The predicted molar refractivity (Wildman–Crippen MR) is 56.7 cm³/mol. The maximum Gasteiger partial charge on any atom is 0.351 e. The minimum absolute atomic E-state index is 0.173. The monoisotopic (exact) mass is 227 g/mol. The highest BCUT2D eigenvalue weighted by Crippen LogP contribution is 2.29. The van der Waals surface area contributed by atoms with Gasteiger partial charge in [-0.25, -0.2) is 9.18 Å². The van der Waals surface area contributed by atoms with E-state index in [0.29, 0.717) is 5.56 Å². The fraction of sp³-hybridized carbons (Fsp3) is 0.600. The minimum atomic E-state index is -1.05. The van der Waals surface area contributed by atoms with Gasteiger partial charge in [0.05, 0.1) is 6.10 Å². The average Bonchev–Trinajstić information content (AvgIpc) is 2.53. The summed E-state index contributed by atoms with van der Waals surface area (Å²) in [6, 6.07) is 0. The summed E-state index contributed by atoms with van der Waals surface area (Å²) in [6.45, 7) is 3.39. The van der Waals surface area contributed by atoms with Crippen molar-refractivity contribution >= 4 is 5.82 Å². The van der Waals surface area contributed by atoms with Crippen molar-refractivity contribution in [2.24, 2.45) is 0 Å². The van der Waals surface area contributed by atoms with E-state index in [-0.39, 0.29) is 12.2 Å². The van der Waals surface area contributed by atoms with Gasteiger partial charge in [0.25, 0.3) is 0 Å². The van der Waals surface area contributed by atoms with Crippen molar-refractivity contribution in [1.82, 2.24) is 9.55 Å². The Balaban J connectivity index is 2.35. The van der Waals surface area contributed by atoms with Crippen LogP contribution in [-0.4, -0.2) is 21.8 Å². The van der Waals surface area contributed by atoms with E-state index in [4.69, 9.17) is 10.5 Å². The third-order valence-corrected chi connectivity index (χ3v) is 2.79. The first kappa shape index (κ1) is 11.1. The highest BCUT2D eigenvalue weighted by Gasteiger charge is 2.33. The lowest BCUT2D eigenvalue weighted by Gasteiger charge is -2.14. The summed E-state index contributed by atoms with van der Waals surface area (Å²) in [5, 5.41) is 0. The van der Waals surface area contributed by atoms with Crippen LogP contribution in [0.25, 0.3) is 0 Å². The molecule has 1 aromatic heterocycles. The second-order valence-electron chi connectivity index (χ2n) is 4.05. The Labute approximate surface area is 92.0 Å². The zero-order valence-electron chi connectivity index (χ0n) is 9.18. The number of aryl methyl sites for hydroxylation is 1. The average molecular weight is 227 g/mol. The molecule has 5 nitrogen and oxygen atoms in total. The van der Waals surface area contributed by atoms with Crippen molar-refractivity contribution in [2.45, 2.75) is 38.8 Å². The third-order valence-electron chi connectivity index (χ3n) is 2.79. The van der Waals surface area contributed by atoms with Gasteiger partial charge in [0.1, 0.15) is 18.2 Å². The lowest BCUT2D eigenvalue weighted by molar-refractivity contribution is -0.000598. The summed E-state index contributed by atoms with van der Waals surface area (Å²) in [4.78, 5) is 15.2. The van der Waals surface area contributed by atoms with Gasteiger partial charge in [-0.3, -0.25) is 4.57 Å². The molecule has 0 amide bonds. The summed E-state index contributed by atoms with van der Waals surface area (Å²) in [5.41, 5.74) is 5.68. The first-order valence-electron chi connectivity index (χ1n) is 5.14. The number of aromatic nitrogens is 2. The molecule has 2 rings (SSSR count). The number of ether oxygens (including phenoxy) is 1. The molecule has 16 heavy (non-hydrogen) atoms. The Morgan fingerprint density at radius 2 is 2.38 bits per heavy atom. The molecule has 0 radical (unpaired) electrons. The van der Waals surface area contributed by atoms with Crippen LogP contribution in [0.2, 0.25) is 0 Å². The van der Waals surface area contributed by atoms with E-state index in [1.807, 2.05) is 0 Å². The minimum Gasteiger partial charge on any atom is -0.383 e. The van der Waals surface area contributed by atoms with Crippen LogP contribution in [0.15, 0.2) is 11.0 Å². The van der Waals surface area contributed by atoms with Gasteiger partial charge in [-0.15, -0.1) is 0 Å². The van der Waals surface area contributed by atoms with Crippen molar-refractivity contribution in [3.63, 3.8) is 0 Å². The Morgan fingerprint density at radius 1 is 1.69 bits per heavy atom. The van der Waals surface area contributed by atoms with Crippen LogP contribution in [-0.2, 0) is 4.74 Å². The smallest absolute Gasteiger partial charge is 0.351 e. The van der Waals surface area contributed by atoms with Crippen molar-refractivity contribution in [2.75, 3.05) is 5.73 Å². The molecule has 0 unspecified atom stereocenters. The molecular weight excluding hydrogens is 213 g/mol. The largest absolute Gasteiger partial charge is 0.383 e. The summed E-state index contributed by atoms with van der Waals surface area (Å²) >= 11 is 0. The molecule has 0 spiro atoms. The highest BCUT2D eigenvalue weighted by molar-refractivity contribution is 5.35. The maximum absolute atomic E-state index is 13.3. The van der Waals surface area contributed by atoms with E-state index in [9.17, 15) is 9.18 Å². The van der Waals surface area contributed by atoms with Crippen LogP contribution in [0.3, 0.4) is 0 Å². The summed E-state index contributed by atoms with van der Waals surface area (Å²) in [7, 11) is 0. The fourth-order valence-corrected chi connectivity index (χ4v) is 1.74. The van der Waals surface area contributed by atoms with Gasteiger partial charge in [-0.1, -0.05) is 0 Å². The molecule has 2 heterocycles. The number of hydrogen-bond donors (Lipinski definition) is 1. The Morgan fingerprint density at radius 3 is 2.94 bits per heavy atom. The van der Waals surface area contributed by atoms with Gasteiger partial charge < -0.3 is 10.5 Å². The van der Waals surface area contributed by atoms with Crippen LogP contribution >= 0.6 is 0 Å². The van der Waals surface area contributed by atoms with E-state index in [1.54, 1.807) is 20.0 Å². The van der Waals surface area contributed by atoms with Gasteiger partial charge in [-0.05, 0) is 13.8 Å². The van der Waals surface area contributed by atoms with E-state index < -0.39 is 24.2 Å². The number of rotatable bonds is 1. The van der Waals surface area contributed by atoms with Crippen LogP contribution < -0.4 is 11.4 Å². The third kappa shape index (κ3) is 1.80. The lowest BCUT2D eigenvalue weighted by Crippen LogP contribution is -2.28. The fourth-order valence-electron chi connectivity index (χ4n) is 1.74. The standard InChI is InChI=1S/C10H14FN3O2/c1-5-4-14(10(15)13-9(5)12)8-3-7(11)6(2)16-8/h4,6-8H,3H2,1-2H3,(H2,12,13,15)/t6-,7+,8-/m1/s1. The highest BCUT2D eigenvalue weighted by atomic mass is 19.1. The number of alkyl halides is 1. The maximum atomic E-state index is 13.3. The topological polar surface area (TPSA) is 70.1 Å². The number of nitrogens with zero attached hydrogens (tertiary/aromatic N) is 2. The number of hydrogen-bond acceptors (Lipinski definition) is 4. The number of nitrogens with two attached hydrogens (primary N) is 1. The molecule has 2 N–H and O–H groups in total. The predicted octanol–water partition coefficient (Wildman–Crippen LogP) is 0.779. The molecule has 6 heteroatoms. The number of nitrogen functional groups attached to an aromatic ring is 1. The molecular formula is C10H14FN3O2. The molecule has 88 valence electrons. The summed E-state index contributed by atoms with van der Waals surface area (Å²) in [6.07, 6.45) is -0.388. The van der Waals surface area contributed by atoms with Crippen molar-refractivity contribution < 1.29 is 9.13 Å². The van der Waals surface area contributed by atoms with Gasteiger partial charge in [-0.2, -0.15) is 4.98 Å². The molecule has 0 bridgehead atoms. The Hall–Kier alpha value is -1.43. The molecule has 0 saturated carbocycles. The van der Waals surface area contributed by atoms with Crippen molar-refractivity contribution in [1.29, 1.82) is 0 Å². The van der Waals surface area contributed by atoms with Crippen LogP contribution in [0, 0.1) is 6.92 Å². The summed E-state index contributed by atoms with van der Waals surface area (Å²) < 4.78 is 19.9. The van der Waals surface area contributed by atoms with Crippen molar-refractivity contribution in [3.05, 3.63) is 22.2 Å².